The summed E-state index contributed by atoms with van der Waals surface area (Å²) in [6.45, 7) is 0. The summed E-state index contributed by atoms with van der Waals surface area (Å²) in [5.41, 5.74) is 4.37. The van der Waals surface area contributed by atoms with Crippen LogP contribution in [0.4, 0.5) is 4.79 Å². The SMILES string of the molecule is COC(=O)N1C2Cc3cc(OC)c(OC)cc3C1Cc1cc(OC)c(OC)cc12. The highest BCUT2D eigenvalue weighted by atomic mass is 16.5. The second-order valence-electron chi connectivity index (χ2n) is 7.13. The Labute approximate surface area is 170 Å². The van der Waals surface area contributed by atoms with Crippen LogP contribution in [0.1, 0.15) is 34.3 Å². The fraction of sp³-hybridized carbons (Fsp3) is 0.409. The Bertz CT molecular complexity index is 887. The number of ether oxygens (including phenoxy) is 5. The van der Waals surface area contributed by atoms with Crippen molar-refractivity contribution in [2.24, 2.45) is 0 Å². The van der Waals surface area contributed by atoms with Gasteiger partial charge in [0.2, 0.25) is 0 Å². The quantitative estimate of drug-likeness (QED) is 0.781. The number of benzene rings is 2. The van der Waals surface area contributed by atoms with Crippen LogP contribution in [0, 0.1) is 0 Å². The van der Waals surface area contributed by atoms with Crippen molar-refractivity contribution in [3.05, 3.63) is 46.5 Å². The zero-order valence-corrected chi connectivity index (χ0v) is 17.3. The predicted octanol–water partition coefficient (Wildman–Crippen LogP) is 3.68. The van der Waals surface area contributed by atoms with Gasteiger partial charge in [0.15, 0.2) is 23.0 Å². The van der Waals surface area contributed by atoms with E-state index in [0.29, 0.717) is 35.8 Å². The van der Waals surface area contributed by atoms with E-state index >= 15 is 0 Å². The number of hydrogen-bond acceptors (Lipinski definition) is 6. The molecular weight excluding hydrogens is 374 g/mol. The second kappa shape index (κ2) is 7.39. The third kappa shape index (κ3) is 2.92. The topological polar surface area (TPSA) is 66.5 Å². The molecule has 0 radical (unpaired) electrons. The molecule has 0 saturated heterocycles. The van der Waals surface area contributed by atoms with Crippen LogP contribution in [0.5, 0.6) is 23.0 Å². The van der Waals surface area contributed by atoms with Gasteiger partial charge >= 0.3 is 6.09 Å². The second-order valence-corrected chi connectivity index (χ2v) is 7.13. The van der Waals surface area contributed by atoms with Crippen molar-refractivity contribution >= 4 is 6.09 Å². The summed E-state index contributed by atoms with van der Waals surface area (Å²) in [6.07, 6.45) is 0.939. The smallest absolute Gasteiger partial charge is 0.410 e. The van der Waals surface area contributed by atoms with Crippen LogP contribution in [0.3, 0.4) is 0 Å². The van der Waals surface area contributed by atoms with Gasteiger partial charge in [-0.1, -0.05) is 0 Å². The molecule has 2 heterocycles. The van der Waals surface area contributed by atoms with Crippen LogP contribution in [0.15, 0.2) is 24.3 Å². The van der Waals surface area contributed by atoms with Gasteiger partial charge in [-0.05, 0) is 59.4 Å². The van der Waals surface area contributed by atoms with Gasteiger partial charge < -0.3 is 23.7 Å². The Morgan fingerprint density at radius 1 is 0.724 bits per heavy atom. The van der Waals surface area contributed by atoms with E-state index in [9.17, 15) is 4.79 Å². The number of carbonyl (C=O) groups excluding carboxylic acids is 1. The average Bonchev–Trinajstić information content (AvgIpc) is 2.76. The van der Waals surface area contributed by atoms with Gasteiger partial charge in [-0.2, -0.15) is 0 Å². The first kappa shape index (κ1) is 19.2. The lowest BCUT2D eigenvalue weighted by Crippen LogP contribution is -2.46. The number of methoxy groups -OCH3 is 5. The van der Waals surface area contributed by atoms with Crippen LogP contribution in [0.25, 0.3) is 0 Å². The number of fused-ring (bicyclic) bond motifs is 6. The number of nitrogens with zero attached hydrogens (tertiary/aromatic N) is 1. The third-order valence-corrected chi connectivity index (χ3v) is 5.89. The number of carbonyl (C=O) groups is 1. The highest BCUT2D eigenvalue weighted by molar-refractivity contribution is 5.72. The molecule has 154 valence electrons. The molecule has 0 aliphatic carbocycles. The van der Waals surface area contributed by atoms with Gasteiger partial charge in [-0.15, -0.1) is 0 Å². The average molecular weight is 399 g/mol. The molecule has 2 unspecified atom stereocenters. The minimum absolute atomic E-state index is 0.165. The number of amides is 1. The minimum atomic E-state index is -0.346. The summed E-state index contributed by atoms with van der Waals surface area (Å²) in [6, 6.07) is 7.62. The summed E-state index contributed by atoms with van der Waals surface area (Å²) >= 11 is 0. The lowest BCUT2D eigenvalue weighted by Gasteiger charge is -2.47. The van der Waals surface area contributed by atoms with Crippen LogP contribution >= 0.6 is 0 Å². The van der Waals surface area contributed by atoms with Crippen molar-refractivity contribution in [1.29, 1.82) is 0 Å². The van der Waals surface area contributed by atoms with Crippen molar-refractivity contribution in [1.82, 2.24) is 4.90 Å². The number of rotatable bonds is 4. The molecule has 4 rings (SSSR count). The standard InChI is InChI=1S/C22H25NO6/c1-25-18-8-12-6-16-15-11-21(28-4)19(26-2)9-13(15)7-17(23(16)22(24)29-5)14(12)10-20(18)27-3/h8-11,16-17H,6-7H2,1-5H3. The molecule has 0 fully saturated rings. The molecule has 0 spiro atoms. The minimum Gasteiger partial charge on any atom is -0.493 e. The summed E-state index contributed by atoms with van der Waals surface area (Å²) in [4.78, 5) is 14.6. The highest BCUT2D eigenvalue weighted by Gasteiger charge is 2.44. The van der Waals surface area contributed by atoms with Crippen LogP contribution in [-0.2, 0) is 17.6 Å². The van der Waals surface area contributed by atoms with Gasteiger partial charge in [0.05, 0.1) is 47.6 Å². The normalized spacial score (nSPS) is 19.0. The first-order valence-corrected chi connectivity index (χ1v) is 9.42. The number of hydrogen-bond donors (Lipinski definition) is 0. The van der Waals surface area contributed by atoms with Crippen LogP contribution in [0.2, 0.25) is 0 Å². The van der Waals surface area contributed by atoms with Crippen molar-refractivity contribution in [2.75, 3.05) is 35.5 Å². The van der Waals surface area contributed by atoms with Crippen molar-refractivity contribution in [2.45, 2.75) is 24.9 Å². The van der Waals surface area contributed by atoms with Crippen LogP contribution in [-0.4, -0.2) is 46.5 Å². The van der Waals surface area contributed by atoms with E-state index in [1.54, 1.807) is 28.4 Å². The first-order valence-electron chi connectivity index (χ1n) is 9.42. The highest BCUT2D eigenvalue weighted by Crippen LogP contribution is 2.51. The molecular formula is C22H25NO6. The fourth-order valence-electron chi connectivity index (χ4n) is 4.56. The van der Waals surface area contributed by atoms with E-state index in [2.05, 4.69) is 0 Å². The van der Waals surface area contributed by atoms with E-state index in [4.69, 9.17) is 23.7 Å². The van der Waals surface area contributed by atoms with E-state index < -0.39 is 0 Å². The van der Waals surface area contributed by atoms with Crippen molar-refractivity contribution < 1.29 is 28.5 Å². The van der Waals surface area contributed by atoms with Gasteiger partial charge in [-0.3, -0.25) is 4.90 Å². The molecule has 0 N–H and O–H groups in total. The summed E-state index contributed by atoms with van der Waals surface area (Å²) in [7, 11) is 7.89. The fourth-order valence-corrected chi connectivity index (χ4v) is 4.56. The Kier molecular flexibility index (Phi) is 4.90. The van der Waals surface area contributed by atoms with Crippen molar-refractivity contribution in [3.8, 4) is 23.0 Å². The molecule has 7 nitrogen and oxygen atoms in total. The molecule has 0 aromatic heterocycles. The Morgan fingerprint density at radius 3 is 1.45 bits per heavy atom. The van der Waals surface area contributed by atoms with Gasteiger partial charge in [0.25, 0.3) is 0 Å². The maximum absolute atomic E-state index is 12.7. The Morgan fingerprint density at radius 2 is 1.10 bits per heavy atom. The molecule has 2 bridgehead atoms. The van der Waals surface area contributed by atoms with E-state index in [1.165, 1.54) is 7.11 Å². The molecule has 7 heteroatoms. The zero-order valence-electron chi connectivity index (χ0n) is 17.3. The Hall–Kier alpha value is -3.09. The predicted molar refractivity (Wildman–Crippen MR) is 106 cm³/mol. The monoisotopic (exact) mass is 399 g/mol. The molecule has 1 amide bonds. The Balaban J connectivity index is 1.90. The molecule has 29 heavy (non-hydrogen) atoms. The van der Waals surface area contributed by atoms with Crippen molar-refractivity contribution in [3.63, 3.8) is 0 Å². The largest absolute Gasteiger partial charge is 0.493 e. The van der Waals surface area contributed by atoms with E-state index in [0.717, 1.165) is 22.3 Å². The summed E-state index contributed by atoms with van der Waals surface area (Å²) in [5.74, 6) is 2.66. The lowest BCUT2D eigenvalue weighted by molar-refractivity contribution is 0.0667. The molecule has 0 saturated carbocycles. The van der Waals surface area contributed by atoms with Gasteiger partial charge in [0.1, 0.15) is 0 Å². The molecule has 2 aliphatic rings. The summed E-state index contributed by atoms with van der Waals surface area (Å²) < 4.78 is 27.1. The van der Waals surface area contributed by atoms with Crippen LogP contribution < -0.4 is 18.9 Å². The maximum Gasteiger partial charge on any atom is 0.410 e. The molecule has 2 aromatic rings. The van der Waals surface area contributed by atoms with Gasteiger partial charge in [0, 0.05) is 0 Å². The first-order chi connectivity index (χ1) is 14.1. The van der Waals surface area contributed by atoms with E-state index in [1.807, 2.05) is 29.2 Å². The summed E-state index contributed by atoms with van der Waals surface area (Å²) in [5, 5.41) is 0. The molecule has 2 atom stereocenters. The maximum atomic E-state index is 12.7. The lowest BCUT2D eigenvalue weighted by atomic mass is 9.76. The van der Waals surface area contributed by atoms with E-state index in [-0.39, 0.29) is 18.2 Å². The third-order valence-electron chi connectivity index (χ3n) is 5.89. The molecule has 2 aromatic carbocycles. The zero-order chi connectivity index (χ0) is 20.7. The molecule has 2 aliphatic heterocycles. The van der Waals surface area contributed by atoms with Gasteiger partial charge in [-0.25, -0.2) is 4.79 Å².